The number of hydrogen-bond acceptors (Lipinski definition) is 2. The van der Waals surface area contributed by atoms with Gasteiger partial charge in [0, 0.05) is 0 Å². The molecule has 0 rings (SSSR count). The van der Waals surface area contributed by atoms with Crippen LogP contribution in [0.25, 0.3) is 0 Å². The van der Waals surface area contributed by atoms with E-state index in [-0.39, 0.29) is 0 Å². The van der Waals surface area contributed by atoms with Gasteiger partial charge in [0.05, 0.1) is 0 Å². The van der Waals surface area contributed by atoms with Crippen molar-refractivity contribution in [2.45, 2.75) is 6.11 Å². The van der Waals surface area contributed by atoms with Crippen molar-refractivity contribution in [3.63, 3.8) is 0 Å². The van der Waals surface area contributed by atoms with Crippen LogP contribution >= 0.6 is 7.99 Å². The van der Waals surface area contributed by atoms with Crippen LogP contribution in [0, 0.1) is 0 Å². The molecule has 8 heteroatoms. The van der Waals surface area contributed by atoms with Crippen molar-refractivity contribution >= 4 is 7.99 Å². The Hall–Kier alpha value is -0.160. The third-order valence-corrected chi connectivity index (χ3v) is 0.875. The van der Waals surface area contributed by atoms with Crippen LogP contribution in [0.1, 0.15) is 0 Å². The van der Waals surface area contributed by atoms with Crippen LogP contribution < -0.4 is 0 Å². The van der Waals surface area contributed by atoms with Gasteiger partial charge in [-0.25, -0.2) is 13.5 Å². The molecule has 0 fully saturated rings. The van der Waals surface area contributed by atoms with Gasteiger partial charge in [-0.15, -0.1) is 8.39 Å². The summed E-state index contributed by atoms with van der Waals surface area (Å²) in [7, 11) is -6.29. The summed E-state index contributed by atoms with van der Waals surface area (Å²) in [5.41, 5.74) is 0. The van der Waals surface area contributed by atoms with E-state index < -0.39 is 20.8 Å². The van der Waals surface area contributed by atoms with Gasteiger partial charge in [-0.3, -0.25) is 0 Å². The molecule has 0 amide bonds. The van der Waals surface area contributed by atoms with Crippen molar-refractivity contribution in [2.75, 3.05) is 6.67 Å². The van der Waals surface area contributed by atoms with Crippen molar-refractivity contribution in [1.29, 1.82) is 0 Å². The second-order valence-electron chi connectivity index (χ2n) is 1.28. The molecule has 10 heavy (non-hydrogen) atoms. The van der Waals surface area contributed by atoms with Crippen LogP contribution in [0.4, 0.5) is 21.6 Å². The second kappa shape index (κ2) is 2.84. The normalized spacial score (nSPS) is 13.7. The molecule has 0 spiro atoms. The highest BCUT2D eigenvalue weighted by Crippen LogP contribution is 2.54. The molecule has 0 radical (unpaired) electrons. The summed E-state index contributed by atoms with van der Waals surface area (Å²) >= 11 is 0. The van der Waals surface area contributed by atoms with Gasteiger partial charge in [0.2, 0.25) is 0 Å². The Morgan fingerprint density at radius 1 is 1.40 bits per heavy atom. The standard InChI is InChI=1S/C2H2F5O2P/c3-1-2(4,5)9-10(6,7)8/h1H2. The predicted octanol–water partition coefficient (Wildman–Crippen LogP) is 2.61. The van der Waals surface area contributed by atoms with E-state index in [2.05, 4.69) is 4.52 Å². The summed E-state index contributed by atoms with van der Waals surface area (Å²) < 4.78 is 67.4. The molecule has 0 aromatic heterocycles. The smallest absolute Gasteiger partial charge is 0.241 e. The van der Waals surface area contributed by atoms with Gasteiger partial charge in [-0.05, 0) is 0 Å². The van der Waals surface area contributed by atoms with E-state index in [0.29, 0.717) is 0 Å². The Morgan fingerprint density at radius 2 is 1.80 bits per heavy atom. The first-order valence-electron chi connectivity index (χ1n) is 1.91. The molecule has 0 aliphatic carbocycles. The average molecular weight is 184 g/mol. The van der Waals surface area contributed by atoms with E-state index in [9.17, 15) is 26.1 Å². The summed E-state index contributed by atoms with van der Waals surface area (Å²) in [5, 5.41) is 0. The molecule has 0 aromatic carbocycles. The fraction of sp³-hybridized carbons (Fsp3) is 1.00. The van der Waals surface area contributed by atoms with Gasteiger partial charge >= 0.3 is 14.1 Å². The van der Waals surface area contributed by atoms with Crippen LogP contribution in [0.5, 0.6) is 0 Å². The van der Waals surface area contributed by atoms with E-state index in [1.807, 2.05) is 0 Å². The number of alkyl halides is 3. The fourth-order valence-corrected chi connectivity index (χ4v) is 0.540. The molecule has 0 aliphatic heterocycles. The van der Waals surface area contributed by atoms with Crippen LogP contribution in [0.2, 0.25) is 0 Å². The maximum absolute atomic E-state index is 11.4. The van der Waals surface area contributed by atoms with Crippen molar-refractivity contribution in [1.82, 2.24) is 0 Å². The predicted molar refractivity (Wildman–Crippen MR) is 21.8 cm³/mol. The van der Waals surface area contributed by atoms with E-state index in [1.165, 1.54) is 0 Å². The maximum Gasteiger partial charge on any atom is 0.556 e. The van der Waals surface area contributed by atoms with Crippen LogP contribution in [0.3, 0.4) is 0 Å². The van der Waals surface area contributed by atoms with E-state index in [4.69, 9.17) is 0 Å². The van der Waals surface area contributed by atoms with Crippen molar-refractivity contribution in [3.05, 3.63) is 0 Å². The fourth-order valence-electron chi connectivity index (χ4n) is 0.180. The molecule has 0 unspecified atom stereocenters. The van der Waals surface area contributed by atoms with Crippen molar-refractivity contribution in [3.8, 4) is 0 Å². The Labute approximate surface area is 52.7 Å². The number of rotatable bonds is 3. The number of hydrogen-bond donors (Lipinski definition) is 0. The van der Waals surface area contributed by atoms with Gasteiger partial charge in [0.25, 0.3) is 0 Å². The highest BCUT2D eigenvalue weighted by atomic mass is 31.2. The molecule has 62 valence electrons. The lowest BCUT2D eigenvalue weighted by molar-refractivity contribution is -0.191. The van der Waals surface area contributed by atoms with Gasteiger partial charge < -0.3 is 0 Å². The first kappa shape index (κ1) is 9.84. The van der Waals surface area contributed by atoms with E-state index in [1.54, 1.807) is 0 Å². The summed E-state index contributed by atoms with van der Waals surface area (Å²) in [6, 6.07) is 0. The Bertz CT molecular complexity index is 152. The zero-order valence-corrected chi connectivity index (χ0v) is 5.26. The lowest BCUT2D eigenvalue weighted by Crippen LogP contribution is -2.20. The third-order valence-electron chi connectivity index (χ3n) is 0.395. The summed E-state index contributed by atoms with van der Waals surface area (Å²) in [6.45, 7) is -2.43. The summed E-state index contributed by atoms with van der Waals surface area (Å²) in [6.07, 6.45) is -4.65. The minimum atomic E-state index is -6.29. The SMILES string of the molecule is O=P(F)(F)OC(F)(F)CF. The monoisotopic (exact) mass is 184 g/mol. The maximum atomic E-state index is 11.4. The Morgan fingerprint density at radius 3 is 1.90 bits per heavy atom. The average Bonchev–Trinajstić information content (AvgIpc) is 1.60. The van der Waals surface area contributed by atoms with Gasteiger partial charge in [-0.2, -0.15) is 8.78 Å². The molecular formula is C2H2F5O2P. The highest BCUT2D eigenvalue weighted by Gasteiger charge is 2.41. The molecule has 0 aliphatic rings. The molecular weight excluding hydrogens is 182 g/mol. The topological polar surface area (TPSA) is 26.3 Å². The van der Waals surface area contributed by atoms with Gasteiger partial charge in [0.1, 0.15) is 0 Å². The molecule has 0 saturated heterocycles. The molecule has 0 atom stereocenters. The quantitative estimate of drug-likeness (QED) is 0.497. The minimum absolute atomic E-state index is 2.29. The first-order chi connectivity index (χ1) is 4.27. The minimum Gasteiger partial charge on any atom is -0.241 e. The zero-order valence-electron chi connectivity index (χ0n) is 4.36. The van der Waals surface area contributed by atoms with Crippen LogP contribution in [-0.4, -0.2) is 12.8 Å². The second-order valence-corrected chi connectivity index (χ2v) is 2.29. The van der Waals surface area contributed by atoms with E-state index in [0.717, 1.165) is 0 Å². The summed E-state index contributed by atoms with van der Waals surface area (Å²) in [5.74, 6) is 0. The van der Waals surface area contributed by atoms with E-state index >= 15 is 0 Å². The van der Waals surface area contributed by atoms with Gasteiger partial charge in [0.15, 0.2) is 6.67 Å². The molecule has 0 bridgehead atoms. The van der Waals surface area contributed by atoms with Crippen LogP contribution in [0.15, 0.2) is 0 Å². The molecule has 0 N–H and O–H groups in total. The first-order valence-corrected chi connectivity index (χ1v) is 3.31. The van der Waals surface area contributed by atoms with Crippen molar-refractivity contribution < 1.29 is 30.7 Å². The highest BCUT2D eigenvalue weighted by molar-refractivity contribution is 7.47. The lowest BCUT2D eigenvalue weighted by atomic mass is 10.7. The third kappa shape index (κ3) is 4.69. The van der Waals surface area contributed by atoms with Crippen LogP contribution in [-0.2, 0) is 9.09 Å². The molecule has 0 aromatic rings. The van der Waals surface area contributed by atoms with Gasteiger partial charge in [-0.1, -0.05) is 0 Å². The molecule has 0 heterocycles. The lowest BCUT2D eigenvalue weighted by Gasteiger charge is -2.09. The zero-order chi connectivity index (χ0) is 8.41. The molecule has 2 nitrogen and oxygen atoms in total. The number of halogens is 5. The van der Waals surface area contributed by atoms with Crippen molar-refractivity contribution in [2.24, 2.45) is 0 Å². The summed E-state index contributed by atoms with van der Waals surface area (Å²) in [4.78, 5) is 0. The Balaban J connectivity index is 4.02. The Kier molecular flexibility index (Phi) is 2.79. The molecule has 0 saturated carbocycles. The largest absolute Gasteiger partial charge is 0.556 e.